The minimum absolute atomic E-state index is 0.000692. The van der Waals surface area contributed by atoms with E-state index in [-0.39, 0.29) is 5.91 Å². The van der Waals surface area contributed by atoms with E-state index >= 15 is 0 Å². The summed E-state index contributed by atoms with van der Waals surface area (Å²) in [5.74, 6) is 0.000692. The zero-order valence-corrected chi connectivity index (χ0v) is 16.0. The number of rotatable bonds is 10. The van der Waals surface area contributed by atoms with Crippen LogP contribution in [0.4, 0.5) is 0 Å². The lowest BCUT2D eigenvalue weighted by atomic mass is 10.0. The van der Waals surface area contributed by atoms with Crippen molar-refractivity contribution in [3.05, 3.63) is 60.2 Å². The van der Waals surface area contributed by atoms with Crippen LogP contribution in [0, 0.1) is 0 Å². The standard InChI is InChI=1S/C23H30N2O/c1-3-4-5-6-7-11-14-23(26)25-24-19(2)20-15-17-22(18-16-20)21-12-9-8-10-13-21/h8-10,12-13,15-18H,3-7,11,14H2,1-2H3,(H,25,26). The summed E-state index contributed by atoms with van der Waals surface area (Å²) in [7, 11) is 0. The Balaban J connectivity index is 1.79. The molecule has 0 saturated carbocycles. The van der Waals surface area contributed by atoms with Crippen LogP contribution in [0.3, 0.4) is 0 Å². The third-order valence-electron chi connectivity index (χ3n) is 4.52. The topological polar surface area (TPSA) is 41.5 Å². The number of carbonyl (C=O) groups excluding carboxylic acids is 1. The van der Waals surface area contributed by atoms with E-state index in [2.05, 4.69) is 41.7 Å². The lowest BCUT2D eigenvalue weighted by Gasteiger charge is -2.05. The van der Waals surface area contributed by atoms with E-state index in [1.54, 1.807) is 0 Å². The molecular weight excluding hydrogens is 320 g/mol. The molecule has 3 heteroatoms. The third kappa shape index (κ3) is 6.83. The Hall–Kier alpha value is -2.42. The predicted molar refractivity (Wildman–Crippen MR) is 110 cm³/mol. The number of unbranched alkanes of at least 4 members (excludes halogenated alkanes) is 5. The van der Waals surface area contributed by atoms with E-state index in [0.29, 0.717) is 6.42 Å². The van der Waals surface area contributed by atoms with Gasteiger partial charge in [-0.25, -0.2) is 5.43 Å². The average molecular weight is 351 g/mol. The second kappa shape index (κ2) is 11.2. The number of nitrogens with one attached hydrogen (secondary N) is 1. The molecule has 0 aliphatic rings. The van der Waals surface area contributed by atoms with Crippen molar-refractivity contribution in [2.75, 3.05) is 0 Å². The summed E-state index contributed by atoms with van der Waals surface area (Å²) in [6.07, 6.45) is 7.65. The highest BCUT2D eigenvalue weighted by molar-refractivity contribution is 5.99. The van der Waals surface area contributed by atoms with Crippen molar-refractivity contribution in [1.29, 1.82) is 0 Å². The molecule has 26 heavy (non-hydrogen) atoms. The first-order chi connectivity index (χ1) is 12.7. The molecule has 138 valence electrons. The van der Waals surface area contributed by atoms with Crippen LogP contribution in [-0.2, 0) is 4.79 Å². The molecule has 1 amide bonds. The highest BCUT2D eigenvalue weighted by Crippen LogP contribution is 2.19. The zero-order valence-electron chi connectivity index (χ0n) is 16.0. The molecule has 0 radical (unpaired) electrons. The number of hydrogen-bond donors (Lipinski definition) is 1. The molecule has 2 aromatic carbocycles. The summed E-state index contributed by atoms with van der Waals surface area (Å²) in [5, 5.41) is 4.24. The summed E-state index contributed by atoms with van der Waals surface area (Å²) >= 11 is 0. The van der Waals surface area contributed by atoms with Gasteiger partial charge < -0.3 is 0 Å². The smallest absolute Gasteiger partial charge is 0.240 e. The number of amides is 1. The highest BCUT2D eigenvalue weighted by Gasteiger charge is 2.03. The minimum Gasteiger partial charge on any atom is -0.273 e. The number of carbonyl (C=O) groups is 1. The van der Waals surface area contributed by atoms with Crippen molar-refractivity contribution in [2.45, 2.75) is 58.8 Å². The summed E-state index contributed by atoms with van der Waals surface area (Å²) in [6, 6.07) is 18.5. The van der Waals surface area contributed by atoms with Gasteiger partial charge in [0.1, 0.15) is 0 Å². The maximum absolute atomic E-state index is 11.9. The Morgan fingerprint density at radius 1 is 0.846 bits per heavy atom. The van der Waals surface area contributed by atoms with Gasteiger partial charge in [-0.3, -0.25) is 4.79 Å². The quantitative estimate of drug-likeness (QED) is 0.321. The molecule has 0 spiro atoms. The molecule has 0 bridgehead atoms. The van der Waals surface area contributed by atoms with Gasteiger partial charge >= 0.3 is 0 Å². The highest BCUT2D eigenvalue weighted by atomic mass is 16.2. The van der Waals surface area contributed by atoms with E-state index in [9.17, 15) is 4.79 Å². The fourth-order valence-corrected chi connectivity index (χ4v) is 2.87. The first kappa shape index (κ1) is 19.9. The molecule has 0 unspecified atom stereocenters. The lowest BCUT2D eigenvalue weighted by Crippen LogP contribution is -2.18. The summed E-state index contributed by atoms with van der Waals surface area (Å²) in [4.78, 5) is 11.9. The van der Waals surface area contributed by atoms with Crippen molar-refractivity contribution in [2.24, 2.45) is 5.10 Å². The van der Waals surface area contributed by atoms with Gasteiger partial charge in [0.25, 0.3) is 0 Å². The number of nitrogens with zero attached hydrogens (tertiary/aromatic N) is 1. The van der Waals surface area contributed by atoms with Gasteiger partial charge in [0.2, 0.25) is 5.91 Å². The molecule has 3 nitrogen and oxygen atoms in total. The van der Waals surface area contributed by atoms with Crippen LogP contribution in [0.5, 0.6) is 0 Å². The Bertz CT molecular complexity index is 690. The van der Waals surface area contributed by atoms with E-state index in [4.69, 9.17) is 0 Å². The molecule has 0 aromatic heterocycles. The Kier molecular flexibility index (Phi) is 8.61. The second-order valence-electron chi connectivity index (χ2n) is 6.69. The molecule has 0 heterocycles. The van der Waals surface area contributed by atoms with Gasteiger partial charge in [0.15, 0.2) is 0 Å². The van der Waals surface area contributed by atoms with Crippen LogP contribution >= 0.6 is 0 Å². The van der Waals surface area contributed by atoms with E-state index in [1.165, 1.54) is 36.8 Å². The van der Waals surface area contributed by atoms with Gasteiger partial charge in [-0.15, -0.1) is 0 Å². The second-order valence-corrected chi connectivity index (χ2v) is 6.69. The van der Waals surface area contributed by atoms with Crippen molar-refractivity contribution >= 4 is 11.6 Å². The van der Waals surface area contributed by atoms with E-state index in [0.717, 1.165) is 24.1 Å². The lowest BCUT2D eigenvalue weighted by molar-refractivity contribution is -0.121. The van der Waals surface area contributed by atoms with Crippen LogP contribution < -0.4 is 5.43 Å². The van der Waals surface area contributed by atoms with Gasteiger partial charge in [-0.1, -0.05) is 93.6 Å². The molecule has 0 aliphatic heterocycles. The maximum atomic E-state index is 11.9. The van der Waals surface area contributed by atoms with Gasteiger partial charge in [-0.2, -0.15) is 5.10 Å². The zero-order chi connectivity index (χ0) is 18.6. The first-order valence-electron chi connectivity index (χ1n) is 9.69. The maximum Gasteiger partial charge on any atom is 0.240 e. The molecular formula is C23H30N2O. The largest absolute Gasteiger partial charge is 0.273 e. The Labute approximate surface area is 157 Å². The fourth-order valence-electron chi connectivity index (χ4n) is 2.87. The van der Waals surface area contributed by atoms with Gasteiger partial charge in [0, 0.05) is 6.42 Å². The number of benzene rings is 2. The number of hydrogen-bond acceptors (Lipinski definition) is 2. The minimum atomic E-state index is 0.000692. The fraction of sp³-hybridized carbons (Fsp3) is 0.391. The molecule has 2 aromatic rings. The molecule has 0 atom stereocenters. The van der Waals surface area contributed by atoms with Gasteiger partial charge in [-0.05, 0) is 30.0 Å². The number of hydrazone groups is 1. The van der Waals surface area contributed by atoms with Crippen LogP contribution in [0.1, 0.15) is 64.4 Å². The summed E-state index contributed by atoms with van der Waals surface area (Å²) in [6.45, 7) is 4.13. The van der Waals surface area contributed by atoms with Crippen molar-refractivity contribution in [3.8, 4) is 11.1 Å². The molecule has 2 rings (SSSR count). The molecule has 1 N–H and O–H groups in total. The summed E-state index contributed by atoms with van der Waals surface area (Å²) in [5.41, 5.74) is 6.89. The molecule has 0 saturated heterocycles. The Morgan fingerprint density at radius 2 is 1.46 bits per heavy atom. The van der Waals surface area contributed by atoms with Gasteiger partial charge in [0.05, 0.1) is 5.71 Å². The molecule has 0 aliphatic carbocycles. The average Bonchev–Trinajstić information content (AvgIpc) is 2.69. The normalized spacial score (nSPS) is 11.4. The van der Waals surface area contributed by atoms with Crippen molar-refractivity contribution < 1.29 is 4.79 Å². The van der Waals surface area contributed by atoms with Crippen LogP contribution in [-0.4, -0.2) is 11.6 Å². The Morgan fingerprint density at radius 3 is 2.15 bits per heavy atom. The van der Waals surface area contributed by atoms with Crippen molar-refractivity contribution in [3.63, 3.8) is 0 Å². The third-order valence-corrected chi connectivity index (χ3v) is 4.52. The first-order valence-corrected chi connectivity index (χ1v) is 9.69. The SMILES string of the molecule is CCCCCCCCC(=O)NN=C(C)c1ccc(-c2ccccc2)cc1. The molecule has 0 fully saturated rings. The van der Waals surface area contributed by atoms with E-state index in [1.807, 2.05) is 37.3 Å². The monoisotopic (exact) mass is 350 g/mol. The van der Waals surface area contributed by atoms with E-state index < -0.39 is 0 Å². The van der Waals surface area contributed by atoms with Crippen LogP contribution in [0.2, 0.25) is 0 Å². The van der Waals surface area contributed by atoms with Crippen LogP contribution in [0.15, 0.2) is 59.7 Å². The van der Waals surface area contributed by atoms with Crippen LogP contribution in [0.25, 0.3) is 11.1 Å². The summed E-state index contributed by atoms with van der Waals surface area (Å²) < 4.78 is 0. The predicted octanol–water partition coefficient (Wildman–Crippen LogP) is 5.94. The van der Waals surface area contributed by atoms with Crippen molar-refractivity contribution in [1.82, 2.24) is 5.43 Å².